The van der Waals surface area contributed by atoms with Crippen LogP contribution >= 0.6 is 15.9 Å². The van der Waals surface area contributed by atoms with Crippen molar-refractivity contribution in [1.82, 2.24) is 5.32 Å². The number of guanidine groups is 1. The van der Waals surface area contributed by atoms with Crippen LogP contribution < -0.4 is 15.8 Å². The molecule has 0 aliphatic heterocycles. The first kappa shape index (κ1) is 15.8. The maximum Gasteiger partial charge on any atom is 0.188 e. The maximum absolute atomic E-state index is 5.80. The summed E-state index contributed by atoms with van der Waals surface area (Å²) in [6.45, 7) is 6.67. The Balaban J connectivity index is 2.45. The van der Waals surface area contributed by atoms with Gasteiger partial charge in [-0.25, -0.2) is 4.99 Å². The number of halogens is 1. The molecule has 1 rings (SSSR count). The molecule has 0 aliphatic rings. The molecule has 0 saturated carbocycles. The third-order valence-corrected chi connectivity index (χ3v) is 3.35. The molecule has 0 heterocycles. The lowest BCUT2D eigenvalue weighted by atomic mass is 10.3. The van der Waals surface area contributed by atoms with Gasteiger partial charge in [0, 0.05) is 6.04 Å². The van der Waals surface area contributed by atoms with Gasteiger partial charge in [0.1, 0.15) is 11.9 Å². The zero-order valence-electron chi connectivity index (χ0n) is 11.7. The third kappa shape index (κ3) is 5.96. The van der Waals surface area contributed by atoms with Gasteiger partial charge in [-0.1, -0.05) is 19.1 Å². The van der Waals surface area contributed by atoms with Crippen LogP contribution in [0, 0.1) is 0 Å². The lowest BCUT2D eigenvalue weighted by Gasteiger charge is -2.15. The molecule has 0 amide bonds. The van der Waals surface area contributed by atoms with Crippen molar-refractivity contribution in [2.75, 3.05) is 6.54 Å². The highest BCUT2D eigenvalue weighted by molar-refractivity contribution is 9.10. The zero-order chi connectivity index (χ0) is 14.3. The Kier molecular flexibility index (Phi) is 6.70. The van der Waals surface area contributed by atoms with Crippen LogP contribution in [-0.4, -0.2) is 24.7 Å². The number of aliphatic imine (C=N–C) groups is 1. The Bertz CT molecular complexity index is 423. The van der Waals surface area contributed by atoms with Gasteiger partial charge in [-0.05, 0) is 48.3 Å². The Hall–Kier alpha value is -1.23. The van der Waals surface area contributed by atoms with Crippen molar-refractivity contribution in [3.8, 4) is 5.75 Å². The summed E-state index contributed by atoms with van der Waals surface area (Å²) in [4.78, 5) is 4.28. The predicted molar refractivity (Wildman–Crippen MR) is 83.6 cm³/mol. The zero-order valence-corrected chi connectivity index (χ0v) is 13.3. The van der Waals surface area contributed by atoms with Crippen LogP contribution in [0.1, 0.15) is 27.2 Å². The SMILES string of the molecule is CCC(C)NC(N)=NCC(C)Oc1ccccc1Br. The molecule has 19 heavy (non-hydrogen) atoms. The summed E-state index contributed by atoms with van der Waals surface area (Å²) >= 11 is 3.45. The second-order valence-electron chi connectivity index (χ2n) is 4.54. The summed E-state index contributed by atoms with van der Waals surface area (Å²) in [6, 6.07) is 8.10. The van der Waals surface area contributed by atoms with Gasteiger partial charge in [-0.3, -0.25) is 0 Å². The summed E-state index contributed by atoms with van der Waals surface area (Å²) in [5.74, 6) is 1.29. The van der Waals surface area contributed by atoms with Crippen LogP contribution in [0.25, 0.3) is 0 Å². The fourth-order valence-electron chi connectivity index (χ4n) is 1.42. The van der Waals surface area contributed by atoms with Gasteiger partial charge in [0.05, 0.1) is 11.0 Å². The quantitative estimate of drug-likeness (QED) is 0.623. The highest BCUT2D eigenvalue weighted by Crippen LogP contribution is 2.24. The average Bonchev–Trinajstić information content (AvgIpc) is 2.39. The van der Waals surface area contributed by atoms with E-state index in [-0.39, 0.29) is 6.10 Å². The fraction of sp³-hybridized carbons (Fsp3) is 0.500. The normalized spacial score (nSPS) is 14.8. The second kappa shape index (κ2) is 8.04. The molecule has 0 bridgehead atoms. The number of hydrogen-bond donors (Lipinski definition) is 2. The van der Waals surface area contributed by atoms with E-state index in [0.717, 1.165) is 16.6 Å². The molecule has 0 fully saturated rings. The van der Waals surface area contributed by atoms with Crippen molar-refractivity contribution in [2.24, 2.45) is 10.7 Å². The largest absolute Gasteiger partial charge is 0.488 e. The van der Waals surface area contributed by atoms with Gasteiger partial charge in [0.15, 0.2) is 5.96 Å². The van der Waals surface area contributed by atoms with Crippen LogP contribution in [0.4, 0.5) is 0 Å². The molecule has 3 N–H and O–H groups in total. The monoisotopic (exact) mass is 327 g/mol. The highest BCUT2D eigenvalue weighted by Gasteiger charge is 2.06. The summed E-state index contributed by atoms with van der Waals surface area (Å²) in [5.41, 5.74) is 5.80. The third-order valence-electron chi connectivity index (χ3n) is 2.69. The van der Waals surface area contributed by atoms with E-state index in [1.54, 1.807) is 0 Å². The molecule has 106 valence electrons. The second-order valence-corrected chi connectivity index (χ2v) is 5.39. The smallest absolute Gasteiger partial charge is 0.188 e. The Morgan fingerprint density at radius 2 is 2.11 bits per heavy atom. The fourth-order valence-corrected chi connectivity index (χ4v) is 1.80. The highest BCUT2D eigenvalue weighted by atomic mass is 79.9. The van der Waals surface area contributed by atoms with Gasteiger partial charge in [-0.2, -0.15) is 0 Å². The van der Waals surface area contributed by atoms with E-state index in [9.17, 15) is 0 Å². The Morgan fingerprint density at radius 1 is 1.42 bits per heavy atom. The number of ether oxygens (including phenoxy) is 1. The molecule has 0 aromatic heterocycles. The van der Waals surface area contributed by atoms with E-state index in [1.165, 1.54) is 0 Å². The van der Waals surface area contributed by atoms with Crippen molar-refractivity contribution in [3.05, 3.63) is 28.7 Å². The van der Waals surface area contributed by atoms with Gasteiger partial charge in [0.25, 0.3) is 0 Å². The molecule has 4 nitrogen and oxygen atoms in total. The van der Waals surface area contributed by atoms with Gasteiger partial charge < -0.3 is 15.8 Å². The summed E-state index contributed by atoms with van der Waals surface area (Å²) < 4.78 is 6.73. The van der Waals surface area contributed by atoms with Crippen molar-refractivity contribution in [2.45, 2.75) is 39.3 Å². The lowest BCUT2D eigenvalue weighted by Crippen LogP contribution is -2.38. The van der Waals surface area contributed by atoms with Crippen molar-refractivity contribution < 1.29 is 4.74 Å². The topological polar surface area (TPSA) is 59.6 Å². The first-order valence-electron chi connectivity index (χ1n) is 6.50. The lowest BCUT2D eigenvalue weighted by molar-refractivity contribution is 0.229. The van der Waals surface area contributed by atoms with Gasteiger partial charge >= 0.3 is 0 Å². The molecular formula is C14H22BrN3O. The predicted octanol–water partition coefficient (Wildman–Crippen LogP) is 2.92. The van der Waals surface area contributed by atoms with Crippen molar-refractivity contribution in [3.63, 3.8) is 0 Å². The van der Waals surface area contributed by atoms with Gasteiger partial charge in [0.2, 0.25) is 0 Å². The minimum atomic E-state index is -0.0315. The van der Waals surface area contributed by atoms with E-state index >= 15 is 0 Å². The number of nitrogens with zero attached hydrogens (tertiary/aromatic N) is 1. The van der Waals surface area contributed by atoms with Crippen LogP contribution in [0.3, 0.4) is 0 Å². The first-order chi connectivity index (χ1) is 9.02. The number of hydrogen-bond acceptors (Lipinski definition) is 2. The standard InChI is InChI=1S/C14H22BrN3O/c1-4-10(2)18-14(16)17-9-11(3)19-13-8-6-5-7-12(13)15/h5-8,10-11H,4,9H2,1-3H3,(H3,16,17,18). The first-order valence-corrected chi connectivity index (χ1v) is 7.29. The molecule has 1 aromatic rings. The van der Waals surface area contributed by atoms with Crippen LogP contribution in [0.5, 0.6) is 5.75 Å². The molecule has 0 radical (unpaired) electrons. The van der Waals surface area contributed by atoms with E-state index in [0.29, 0.717) is 18.5 Å². The van der Waals surface area contributed by atoms with Crippen molar-refractivity contribution >= 4 is 21.9 Å². The number of nitrogens with two attached hydrogens (primary N) is 1. The Morgan fingerprint density at radius 3 is 2.74 bits per heavy atom. The molecular weight excluding hydrogens is 306 g/mol. The molecule has 1 aromatic carbocycles. The number of para-hydroxylation sites is 1. The minimum absolute atomic E-state index is 0.0315. The summed E-state index contributed by atoms with van der Waals surface area (Å²) in [6.07, 6.45) is 0.982. The maximum atomic E-state index is 5.80. The van der Waals surface area contributed by atoms with Gasteiger partial charge in [-0.15, -0.1) is 0 Å². The summed E-state index contributed by atoms with van der Waals surface area (Å²) in [7, 11) is 0. The van der Waals surface area contributed by atoms with E-state index in [4.69, 9.17) is 10.5 Å². The van der Waals surface area contributed by atoms with E-state index < -0.39 is 0 Å². The summed E-state index contributed by atoms with van der Waals surface area (Å²) in [5, 5.41) is 3.12. The Labute approximate surface area is 123 Å². The molecule has 2 unspecified atom stereocenters. The average molecular weight is 328 g/mol. The van der Waals surface area contributed by atoms with Crippen LogP contribution in [-0.2, 0) is 0 Å². The molecule has 2 atom stereocenters. The molecule has 0 spiro atoms. The molecule has 5 heteroatoms. The minimum Gasteiger partial charge on any atom is -0.488 e. The van der Waals surface area contributed by atoms with Crippen molar-refractivity contribution in [1.29, 1.82) is 0 Å². The van der Waals surface area contributed by atoms with Crippen LogP contribution in [0.15, 0.2) is 33.7 Å². The molecule has 0 aliphatic carbocycles. The molecule has 0 saturated heterocycles. The van der Waals surface area contributed by atoms with E-state index in [1.807, 2.05) is 31.2 Å². The van der Waals surface area contributed by atoms with E-state index in [2.05, 4.69) is 40.1 Å². The number of benzene rings is 1. The number of nitrogens with one attached hydrogen (secondary N) is 1. The number of rotatable bonds is 6. The van der Waals surface area contributed by atoms with Crippen LogP contribution in [0.2, 0.25) is 0 Å².